The van der Waals surface area contributed by atoms with Crippen LogP contribution in [0.25, 0.3) is 0 Å². The molecule has 1 spiro atoms. The van der Waals surface area contributed by atoms with Crippen LogP contribution in [-0.4, -0.2) is 44.8 Å². The Labute approximate surface area is 106 Å². The van der Waals surface area contributed by atoms with Crippen molar-refractivity contribution in [3.05, 3.63) is 0 Å². The summed E-state index contributed by atoms with van der Waals surface area (Å²) in [6.45, 7) is 6.78. The van der Waals surface area contributed by atoms with Gasteiger partial charge in [0, 0.05) is 28.9 Å². The summed E-state index contributed by atoms with van der Waals surface area (Å²) < 4.78 is 11.5. The van der Waals surface area contributed by atoms with Crippen LogP contribution in [-0.2, 0) is 15.6 Å². The lowest BCUT2D eigenvalue weighted by molar-refractivity contribution is -0.130. The van der Waals surface area contributed by atoms with Crippen LogP contribution >= 0.6 is 0 Å². The summed E-state index contributed by atoms with van der Waals surface area (Å²) in [7, 11) is -0.792. The molecule has 1 saturated carbocycles. The van der Waals surface area contributed by atoms with E-state index in [1.165, 1.54) is 0 Å². The molecule has 1 amide bonds. The third-order valence-electron chi connectivity index (χ3n) is 3.69. The molecule has 0 aromatic carbocycles. The fourth-order valence-electron chi connectivity index (χ4n) is 2.42. The number of hydrogen-bond acceptors (Lipinski definition) is 3. The predicted octanol–water partition coefficient (Wildman–Crippen LogP) is 0.701. The molecule has 1 N–H and O–H groups in total. The maximum Gasteiger partial charge on any atom is 0.244 e. The third kappa shape index (κ3) is 2.40. The van der Waals surface area contributed by atoms with E-state index in [0.29, 0.717) is 24.0 Å². The minimum Gasteiger partial charge on any atom is -0.324 e. The van der Waals surface area contributed by atoms with Crippen LogP contribution < -0.4 is 5.32 Å². The molecule has 1 saturated heterocycles. The number of amides is 1. The van der Waals surface area contributed by atoms with Crippen molar-refractivity contribution >= 4 is 16.7 Å². The van der Waals surface area contributed by atoms with Crippen LogP contribution in [0, 0.1) is 5.92 Å². The van der Waals surface area contributed by atoms with Crippen molar-refractivity contribution in [2.45, 2.75) is 45.3 Å². The molecule has 2 unspecified atom stereocenters. The van der Waals surface area contributed by atoms with Gasteiger partial charge in [0.15, 0.2) is 0 Å². The highest BCUT2D eigenvalue weighted by molar-refractivity contribution is 7.84. The molecule has 4 nitrogen and oxygen atoms in total. The van der Waals surface area contributed by atoms with Gasteiger partial charge >= 0.3 is 0 Å². The molecule has 2 aliphatic rings. The average Bonchev–Trinajstić information content (AvgIpc) is 3.01. The van der Waals surface area contributed by atoms with Gasteiger partial charge < -0.3 is 4.90 Å². The fraction of sp³-hybridized carbons (Fsp3) is 0.917. The maximum absolute atomic E-state index is 12.3. The van der Waals surface area contributed by atoms with Crippen LogP contribution in [0.5, 0.6) is 0 Å². The number of carbonyl (C=O) groups excluding carboxylic acids is 1. The van der Waals surface area contributed by atoms with Gasteiger partial charge in [0.25, 0.3) is 0 Å². The van der Waals surface area contributed by atoms with E-state index < -0.39 is 10.8 Å². The lowest BCUT2D eigenvalue weighted by Crippen LogP contribution is -2.43. The highest BCUT2D eigenvalue weighted by atomic mass is 32.2. The van der Waals surface area contributed by atoms with Crippen LogP contribution in [0.3, 0.4) is 0 Å². The molecular formula is C12H22N2O2S. The summed E-state index contributed by atoms with van der Waals surface area (Å²) in [6.07, 6.45) is 2.05. The smallest absolute Gasteiger partial charge is 0.244 e. The Morgan fingerprint density at radius 2 is 2.18 bits per heavy atom. The lowest BCUT2D eigenvalue weighted by Gasteiger charge is -2.26. The van der Waals surface area contributed by atoms with Gasteiger partial charge in [0.1, 0.15) is 0 Å². The van der Waals surface area contributed by atoms with E-state index >= 15 is 0 Å². The predicted molar refractivity (Wildman–Crippen MR) is 69.0 cm³/mol. The van der Waals surface area contributed by atoms with E-state index in [4.69, 9.17) is 0 Å². The number of nitrogens with zero attached hydrogens (tertiary/aromatic N) is 1. The number of nitrogens with one attached hydrogen (secondary N) is 1. The highest BCUT2D eigenvalue weighted by Crippen LogP contribution is 2.43. The standard InChI is InChI=1S/C12H22N2O2S/c1-4-17(16)8-7-14-10(9(2)3)13-12(5-6-12)11(14)15/h9-10,13H,4-8H2,1-3H3. The number of hydrogen-bond donors (Lipinski definition) is 1. The van der Waals surface area contributed by atoms with Crippen molar-refractivity contribution in [2.24, 2.45) is 5.92 Å². The first-order valence-corrected chi connectivity index (χ1v) is 7.93. The molecular weight excluding hydrogens is 236 g/mol. The maximum atomic E-state index is 12.3. The van der Waals surface area contributed by atoms with Crippen molar-refractivity contribution in [1.82, 2.24) is 10.2 Å². The van der Waals surface area contributed by atoms with E-state index in [-0.39, 0.29) is 17.6 Å². The van der Waals surface area contributed by atoms with E-state index in [1.54, 1.807) is 0 Å². The zero-order valence-electron chi connectivity index (χ0n) is 10.9. The zero-order chi connectivity index (χ0) is 12.6. The van der Waals surface area contributed by atoms with Gasteiger partial charge in [0.2, 0.25) is 5.91 Å². The van der Waals surface area contributed by atoms with Crippen molar-refractivity contribution in [3.63, 3.8) is 0 Å². The highest BCUT2D eigenvalue weighted by Gasteiger charge is 2.59. The Bertz CT molecular complexity index is 339. The summed E-state index contributed by atoms with van der Waals surface area (Å²) in [5, 5.41) is 3.46. The molecule has 0 bridgehead atoms. The second kappa shape index (κ2) is 4.69. The second-order valence-corrected chi connectivity index (χ2v) is 7.21. The van der Waals surface area contributed by atoms with Gasteiger partial charge in [-0.05, 0) is 18.8 Å². The molecule has 0 aromatic heterocycles. The van der Waals surface area contributed by atoms with Crippen molar-refractivity contribution in [2.75, 3.05) is 18.1 Å². The lowest BCUT2D eigenvalue weighted by atomic mass is 10.1. The van der Waals surface area contributed by atoms with Gasteiger partial charge in [-0.2, -0.15) is 0 Å². The van der Waals surface area contributed by atoms with Crippen molar-refractivity contribution in [3.8, 4) is 0 Å². The molecule has 5 heteroatoms. The molecule has 0 aromatic rings. The topological polar surface area (TPSA) is 49.4 Å². The molecule has 1 heterocycles. The van der Waals surface area contributed by atoms with Crippen LogP contribution in [0.15, 0.2) is 0 Å². The number of rotatable bonds is 5. The summed E-state index contributed by atoms with van der Waals surface area (Å²) in [4.78, 5) is 14.2. The van der Waals surface area contributed by atoms with Gasteiger partial charge in [-0.3, -0.25) is 14.3 Å². The molecule has 1 aliphatic heterocycles. The van der Waals surface area contributed by atoms with Crippen LogP contribution in [0.1, 0.15) is 33.6 Å². The SMILES string of the molecule is CCS(=O)CCN1C(=O)C2(CC2)NC1C(C)C. The summed E-state index contributed by atoms with van der Waals surface area (Å²) in [6, 6.07) is 0. The summed E-state index contributed by atoms with van der Waals surface area (Å²) in [5.74, 6) is 1.90. The Kier molecular flexibility index (Phi) is 3.59. The Balaban J connectivity index is 2.02. The zero-order valence-corrected chi connectivity index (χ0v) is 11.7. The average molecular weight is 258 g/mol. The quantitative estimate of drug-likeness (QED) is 0.790. The van der Waals surface area contributed by atoms with E-state index in [2.05, 4.69) is 19.2 Å². The largest absolute Gasteiger partial charge is 0.324 e. The van der Waals surface area contributed by atoms with E-state index in [9.17, 15) is 9.00 Å². The normalized spacial score (nSPS) is 28.1. The third-order valence-corrected chi connectivity index (χ3v) is 4.98. The number of carbonyl (C=O) groups is 1. The van der Waals surface area contributed by atoms with Gasteiger partial charge in [-0.15, -0.1) is 0 Å². The minimum atomic E-state index is -0.792. The summed E-state index contributed by atoms with van der Waals surface area (Å²) in [5.41, 5.74) is -0.247. The monoisotopic (exact) mass is 258 g/mol. The molecule has 2 fully saturated rings. The first-order valence-electron chi connectivity index (χ1n) is 6.44. The Morgan fingerprint density at radius 1 is 1.53 bits per heavy atom. The van der Waals surface area contributed by atoms with Gasteiger partial charge in [-0.25, -0.2) is 0 Å². The Hall–Kier alpha value is -0.420. The first-order chi connectivity index (χ1) is 8.00. The Morgan fingerprint density at radius 3 is 2.65 bits per heavy atom. The van der Waals surface area contributed by atoms with E-state index in [0.717, 1.165) is 12.8 Å². The molecule has 2 rings (SSSR count). The molecule has 2 atom stereocenters. The van der Waals surface area contributed by atoms with E-state index in [1.807, 2.05) is 11.8 Å². The minimum absolute atomic E-state index is 0.124. The molecule has 17 heavy (non-hydrogen) atoms. The van der Waals surface area contributed by atoms with Crippen LogP contribution in [0.2, 0.25) is 0 Å². The van der Waals surface area contributed by atoms with Crippen molar-refractivity contribution < 1.29 is 9.00 Å². The summed E-state index contributed by atoms with van der Waals surface area (Å²) >= 11 is 0. The fourth-order valence-corrected chi connectivity index (χ4v) is 3.11. The van der Waals surface area contributed by atoms with Gasteiger partial charge in [0.05, 0.1) is 11.7 Å². The van der Waals surface area contributed by atoms with Crippen molar-refractivity contribution in [1.29, 1.82) is 0 Å². The van der Waals surface area contributed by atoms with Gasteiger partial charge in [-0.1, -0.05) is 20.8 Å². The van der Waals surface area contributed by atoms with Crippen LogP contribution in [0.4, 0.5) is 0 Å². The molecule has 0 radical (unpaired) electrons. The molecule has 1 aliphatic carbocycles. The second-order valence-electron chi connectivity index (χ2n) is 5.35. The first kappa shape index (κ1) is 13.0. The molecule has 98 valence electrons.